The van der Waals surface area contributed by atoms with Crippen LogP contribution in [0.2, 0.25) is 0 Å². The molecule has 1 saturated carbocycles. The summed E-state index contributed by atoms with van der Waals surface area (Å²) in [6, 6.07) is 10.1. The highest BCUT2D eigenvalue weighted by Gasteiger charge is 2.84. The minimum absolute atomic E-state index is 0.00121. The summed E-state index contributed by atoms with van der Waals surface area (Å²) in [4.78, 5) is 11.8. The third kappa shape index (κ3) is 2.29. The Morgan fingerprint density at radius 2 is 1.87 bits per heavy atom. The van der Waals surface area contributed by atoms with Gasteiger partial charge in [0.2, 0.25) is 0 Å². The fourth-order valence-electron chi connectivity index (χ4n) is 7.99. The van der Waals surface area contributed by atoms with Crippen LogP contribution in [0.25, 0.3) is 0 Å². The van der Waals surface area contributed by atoms with Gasteiger partial charge in [-0.1, -0.05) is 30.3 Å². The van der Waals surface area contributed by atoms with E-state index in [1.165, 1.54) is 6.92 Å². The van der Waals surface area contributed by atoms with Crippen LogP contribution in [0.5, 0.6) is 0 Å². The van der Waals surface area contributed by atoms with Crippen molar-refractivity contribution in [1.29, 1.82) is 0 Å². The van der Waals surface area contributed by atoms with Crippen LogP contribution in [0.4, 0.5) is 0 Å². The molecule has 0 radical (unpaired) electrons. The van der Waals surface area contributed by atoms with Crippen LogP contribution in [-0.4, -0.2) is 66.0 Å². The van der Waals surface area contributed by atoms with Crippen LogP contribution in [0, 0.1) is 17.3 Å². The molecule has 4 bridgehead atoms. The summed E-state index contributed by atoms with van der Waals surface area (Å²) in [7, 11) is 0. The molecule has 11 atom stereocenters. The number of aliphatic hydroxyl groups is 1. The van der Waals surface area contributed by atoms with Crippen molar-refractivity contribution < 1.29 is 33.6 Å². The number of aliphatic hydroxyl groups excluding tert-OH is 1. The van der Waals surface area contributed by atoms with E-state index in [1.807, 2.05) is 18.2 Å². The average molecular weight is 428 g/mol. The Balaban J connectivity index is 1.21. The summed E-state index contributed by atoms with van der Waals surface area (Å²) in [5.41, 5.74) is 0.0358. The first-order chi connectivity index (χ1) is 15.0. The molecule has 0 aromatic heterocycles. The molecule has 7 rings (SSSR count). The Labute approximate surface area is 180 Å². The van der Waals surface area contributed by atoms with E-state index in [9.17, 15) is 9.90 Å². The molecule has 7 nitrogen and oxygen atoms in total. The van der Waals surface area contributed by atoms with Crippen LogP contribution in [0.15, 0.2) is 30.3 Å². The fraction of sp³-hybridized carbons (Fsp3) is 0.708. The van der Waals surface area contributed by atoms with Crippen molar-refractivity contribution in [2.75, 3.05) is 6.61 Å². The molecule has 5 aliphatic heterocycles. The summed E-state index contributed by atoms with van der Waals surface area (Å²) >= 11 is 0. The monoisotopic (exact) mass is 428 g/mol. The van der Waals surface area contributed by atoms with E-state index in [2.05, 4.69) is 12.1 Å². The smallest absolute Gasteiger partial charge is 0.302 e. The maximum atomic E-state index is 11.8. The first kappa shape index (κ1) is 19.0. The second-order valence-corrected chi connectivity index (χ2v) is 10.3. The molecule has 166 valence electrons. The number of esters is 1. The summed E-state index contributed by atoms with van der Waals surface area (Å²) in [6.07, 6.45) is 1.42. The highest BCUT2D eigenvalue weighted by molar-refractivity contribution is 5.66. The van der Waals surface area contributed by atoms with Gasteiger partial charge in [-0.05, 0) is 12.0 Å². The van der Waals surface area contributed by atoms with Crippen LogP contribution in [0.3, 0.4) is 0 Å². The van der Waals surface area contributed by atoms with E-state index in [0.29, 0.717) is 13.0 Å². The van der Waals surface area contributed by atoms with Crippen molar-refractivity contribution in [3.8, 4) is 0 Å². The van der Waals surface area contributed by atoms with Crippen molar-refractivity contribution >= 4 is 5.97 Å². The van der Waals surface area contributed by atoms with Gasteiger partial charge in [0.15, 0.2) is 0 Å². The minimum atomic E-state index is -0.659. The number of hydrogen-bond donors (Lipinski definition) is 1. The normalized spacial score (nSPS) is 52.5. The third-order valence-electron chi connectivity index (χ3n) is 8.93. The lowest BCUT2D eigenvalue weighted by molar-refractivity contribution is -0.337. The summed E-state index contributed by atoms with van der Waals surface area (Å²) in [5, 5.41) is 11.4. The summed E-state index contributed by atoms with van der Waals surface area (Å²) < 4.78 is 31.1. The number of fused-ring (bicyclic) bond motifs is 8. The van der Waals surface area contributed by atoms with Crippen molar-refractivity contribution in [3.05, 3.63) is 35.9 Å². The quantitative estimate of drug-likeness (QED) is 0.714. The average Bonchev–Trinajstić information content (AvgIpc) is 3.47. The zero-order valence-corrected chi connectivity index (χ0v) is 17.5. The van der Waals surface area contributed by atoms with Crippen LogP contribution >= 0.6 is 0 Å². The van der Waals surface area contributed by atoms with E-state index in [-0.39, 0.29) is 61.0 Å². The lowest BCUT2D eigenvalue weighted by atomic mass is 9.46. The predicted octanol–water partition coefficient (Wildman–Crippen LogP) is 1.60. The van der Waals surface area contributed by atoms with E-state index >= 15 is 0 Å². The second kappa shape index (κ2) is 6.29. The van der Waals surface area contributed by atoms with Crippen molar-refractivity contribution in [1.82, 2.24) is 0 Å². The van der Waals surface area contributed by atoms with Crippen LogP contribution in [-0.2, 0) is 35.1 Å². The highest BCUT2D eigenvalue weighted by atomic mass is 16.7. The number of rotatable bonds is 5. The SMILES string of the molecule is CC(=O)OC[C@@]12C[C@H](O)[C@@]34O[C@@H]5C[C@@H](O[C@@H]53)[C@H]4[C@@H]1[C@H]1C[C@@H](OCc3ccccc3)[C@@H]2O1. The largest absolute Gasteiger partial charge is 0.465 e. The third-order valence-corrected chi connectivity index (χ3v) is 8.93. The molecule has 1 aromatic rings. The summed E-state index contributed by atoms with van der Waals surface area (Å²) in [6.45, 7) is 2.19. The minimum Gasteiger partial charge on any atom is -0.465 e. The lowest BCUT2D eigenvalue weighted by Crippen LogP contribution is -2.78. The standard InChI is InChI=1S/C24H28O7/c1-12(25)28-11-23-9-18(26)24-20(15-8-17(31-24)22(24)30-15)19(23)14-7-16(21(23)29-14)27-10-13-5-3-2-4-6-13/h2-6,14-22,26H,7-11H2,1H3/t14-,15-,16-,17-,18+,19+,20+,21+,22+,23+,24+/m1/s1. The number of benzene rings is 1. The van der Waals surface area contributed by atoms with Gasteiger partial charge in [0, 0.05) is 37.0 Å². The van der Waals surface area contributed by atoms with Gasteiger partial charge >= 0.3 is 5.97 Å². The van der Waals surface area contributed by atoms with Crippen LogP contribution < -0.4 is 0 Å². The molecule has 1 aliphatic carbocycles. The van der Waals surface area contributed by atoms with Gasteiger partial charge < -0.3 is 28.8 Å². The first-order valence-corrected chi connectivity index (χ1v) is 11.5. The number of hydrogen-bond acceptors (Lipinski definition) is 7. The molecule has 7 heteroatoms. The number of carbonyl (C=O) groups is 1. The predicted molar refractivity (Wildman–Crippen MR) is 106 cm³/mol. The van der Waals surface area contributed by atoms with E-state index in [4.69, 9.17) is 23.7 Å². The maximum Gasteiger partial charge on any atom is 0.302 e. The molecule has 0 unspecified atom stereocenters. The highest BCUT2D eigenvalue weighted by Crippen LogP contribution is 2.72. The van der Waals surface area contributed by atoms with Gasteiger partial charge in [-0.15, -0.1) is 0 Å². The van der Waals surface area contributed by atoms with E-state index in [0.717, 1.165) is 18.4 Å². The topological polar surface area (TPSA) is 83.5 Å². The summed E-state index contributed by atoms with van der Waals surface area (Å²) in [5.74, 6) is -0.100. The lowest BCUT2D eigenvalue weighted by Gasteiger charge is -2.64. The van der Waals surface area contributed by atoms with Crippen molar-refractivity contribution in [2.24, 2.45) is 17.3 Å². The molecule has 1 spiro atoms. The second-order valence-electron chi connectivity index (χ2n) is 10.3. The molecule has 31 heavy (non-hydrogen) atoms. The van der Waals surface area contributed by atoms with Gasteiger partial charge in [-0.3, -0.25) is 4.79 Å². The van der Waals surface area contributed by atoms with Gasteiger partial charge in [0.05, 0.1) is 49.8 Å². The first-order valence-electron chi connectivity index (χ1n) is 11.5. The Morgan fingerprint density at radius 1 is 1.10 bits per heavy atom. The van der Waals surface area contributed by atoms with Gasteiger partial charge in [0.1, 0.15) is 11.7 Å². The van der Waals surface area contributed by atoms with E-state index < -0.39 is 17.1 Å². The van der Waals surface area contributed by atoms with Gasteiger partial charge in [-0.2, -0.15) is 0 Å². The molecular weight excluding hydrogens is 400 g/mol. The van der Waals surface area contributed by atoms with Crippen molar-refractivity contribution in [2.45, 2.75) is 81.1 Å². The molecule has 1 aromatic carbocycles. The molecule has 6 fully saturated rings. The van der Waals surface area contributed by atoms with Crippen molar-refractivity contribution in [3.63, 3.8) is 0 Å². The molecule has 5 heterocycles. The van der Waals surface area contributed by atoms with Gasteiger partial charge in [-0.25, -0.2) is 0 Å². The molecule has 1 N–H and O–H groups in total. The molecule has 6 aliphatic rings. The Bertz CT molecular complexity index is 906. The Morgan fingerprint density at radius 3 is 2.68 bits per heavy atom. The Hall–Kier alpha value is -1.51. The number of carbonyl (C=O) groups excluding carboxylic acids is 1. The zero-order valence-electron chi connectivity index (χ0n) is 17.5. The Kier molecular flexibility index (Phi) is 3.86. The maximum absolute atomic E-state index is 11.8. The number of ether oxygens (including phenoxy) is 5. The molecule has 0 amide bonds. The van der Waals surface area contributed by atoms with Gasteiger partial charge in [0.25, 0.3) is 0 Å². The van der Waals surface area contributed by atoms with E-state index in [1.54, 1.807) is 0 Å². The molecular formula is C24H28O7. The molecule has 5 saturated heterocycles. The zero-order chi connectivity index (χ0) is 21.0. The van der Waals surface area contributed by atoms with Crippen LogP contribution in [0.1, 0.15) is 31.7 Å². The fourth-order valence-corrected chi connectivity index (χ4v) is 7.99.